The Bertz CT molecular complexity index is 542. The van der Waals surface area contributed by atoms with Crippen molar-refractivity contribution >= 4 is 17.9 Å². The lowest BCUT2D eigenvalue weighted by atomic mass is 9.90. The molecule has 0 saturated heterocycles. The fourth-order valence-corrected chi connectivity index (χ4v) is 1.36. The van der Waals surface area contributed by atoms with Crippen LogP contribution in [0.4, 0.5) is 0 Å². The maximum Gasteiger partial charge on any atom is 0.330 e. The summed E-state index contributed by atoms with van der Waals surface area (Å²) in [6.07, 6.45) is 1.43. The van der Waals surface area contributed by atoms with E-state index < -0.39 is 17.5 Å². The van der Waals surface area contributed by atoms with Crippen molar-refractivity contribution in [3.63, 3.8) is 0 Å². The highest BCUT2D eigenvalue weighted by Gasteiger charge is 2.30. The lowest BCUT2D eigenvalue weighted by Gasteiger charge is -2.27. The van der Waals surface area contributed by atoms with E-state index in [-0.39, 0.29) is 36.2 Å². The summed E-state index contributed by atoms with van der Waals surface area (Å²) in [5.41, 5.74) is -1.30. The van der Waals surface area contributed by atoms with Crippen LogP contribution in [-0.2, 0) is 28.6 Å². The minimum Gasteiger partial charge on any atom is -0.462 e. The summed E-state index contributed by atoms with van der Waals surface area (Å²) in [5.74, 6) is -1.11. The molecular formula is C22H40O7. The largest absolute Gasteiger partial charge is 0.462 e. The van der Waals surface area contributed by atoms with E-state index in [4.69, 9.17) is 9.47 Å². The topological polar surface area (TPSA) is 99.1 Å². The molecule has 0 aromatic carbocycles. The van der Waals surface area contributed by atoms with Gasteiger partial charge in [0.2, 0.25) is 0 Å². The van der Waals surface area contributed by atoms with Crippen molar-refractivity contribution in [2.24, 2.45) is 10.8 Å². The summed E-state index contributed by atoms with van der Waals surface area (Å²) in [6.45, 7) is 19.7. The summed E-state index contributed by atoms with van der Waals surface area (Å²) < 4.78 is 14.8. The number of carbonyl (C=O) groups is 3. The molecule has 29 heavy (non-hydrogen) atoms. The maximum absolute atomic E-state index is 11.5. The molecule has 0 saturated carbocycles. The SMILES string of the molecule is C=CC(=O)OCC(O)COC(=O)C(C)(C)CC.CCC(C)(C)C(=O)OC(C)(C)C. The normalized spacial score (nSPS) is 12.8. The molecule has 7 nitrogen and oxygen atoms in total. The van der Waals surface area contributed by atoms with Crippen molar-refractivity contribution in [2.75, 3.05) is 13.2 Å². The number of esters is 3. The molecule has 0 amide bonds. The first-order chi connectivity index (χ1) is 13.0. The van der Waals surface area contributed by atoms with Gasteiger partial charge >= 0.3 is 17.9 Å². The van der Waals surface area contributed by atoms with E-state index in [2.05, 4.69) is 11.3 Å². The molecule has 0 aromatic heterocycles. The van der Waals surface area contributed by atoms with E-state index in [0.29, 0.717) is 6.42 Å². The van der Waals surface area contributed by atoms with E-state index in [1.807, 2.05) is 48.5 Å². The number of hydrogen-bond donors (Lipinski definition) is 1. The molecule has 1 unspecified atom stereocenters. The highest BCUT2D eigenvalue weighted by Crippen LogP contribution is 2.24. The molecule has 0 aliphatic carbocycles. The Hall–Kier alpha value is -1.89. The summed E-state index contributed by atoms with van der Waals surface area (Å²) in [6, 6.07) is 0. The maximum atomic E-state index is 11.5. The smallest absolute Gasteiger partial charge is 0.330 e. The van der Waals surface area contributed by atoms with Crippen LogP contribution in [0.2, 0.25) is 0 Å². The van der Waals surface area contributed by atoms with Gasteiger partial charge in [0.05, 0.1) is 10.8 Å². The predicted octanol–water partition coefficient (Wildman–Crippen LogP) is 3.82. The average Bonchev–Trinajstić information content (AvgIpc) is 2.62. The number of aliphatic hydroxyl groups is 1. The van der Waals surface area contributed by atoms with E-state index in [1.54, 1.807) is 13.8 Å². The predicted molar refractivity (Wildman–Crippen MR) is 112 cm³/mol. The third-order valence-corrected chi connectivity index (χ3v) is 4.26. The molecule has 0 heterocycles. The average molecular weight is 417 g/mol. The van der Waals surface area contributed by atoms with Crippen LogP contribution in [0, 0.1) is 10.8 Å². The zero-order valence-corrected chi connectivity index (χ0v) is 19.6. The fourth-order valence-electron chi connectivity index (χ4n) is 1.36. The van der Waals surface area contributed by atoms with Crippen LogP contribution in [-0.4, -0.2) is 47.9 Å². The Morgan fingerprint density at radius 3 is 1.66 bits per heavy atom. The minimum atomic E-state index is -1.02. The third-order valence-electron chi connectivity index (χ3n) is 4.26. The Kier molecular flexibility index (Phi) is 12.8. The molecule has 0 radical (unpaired) electrons. The van der Waals surface area contributed by atoms with Crippen LogP contribution in [0.5, 0.6) is 0 Å². The monoisotopic (exact) mass is 416 g/mol. The van der Waals surface area contributed by atoms with Crippen molar-refractivity contribution in [3.05, 3.63) is 12.7 Å². The summed E-state index contributed by atoms with van der Waals surface area (Å²) in [4.78, 5) is 33.7. The second-order valence-corrected chi connectivity index (χ2v) is 9.06. The first-order valence-electron chi connectivity index (χ1n) is 9.90. The molecule has 0 aliphatic heterocycles. The van der Waals surface area contributed by atoms with Crippen LogP contribution >= 0.6 is 0 Å². The molecule has 0 bridgehead atoms. The molecule has 0 aliphatic rings. The Balaban J connectivity index is 0. The van der Waals surface area contributed by atoms with Gasteiger partial charge in [-0.15, -0.1) is 0 Å². The van der Waals surface area contributed by atoms with Gasteiger partial charge in [0.15, 0.2) is 0 Å². The Labute approximate surface area is 175 Å². The highest BCUT2D eigenvalue weighted by atomic mass is 16.6. The van der Waals surface area contributed by atoms with Crippen LogP contribution in [0.15, 0.2) is 12.7 Å². The molecule has 170 valence electrons. The lowest BCUT2D eigenvalue weighted by molar-refractivity contribution is -0.165. The molecule has 7 heteroatoms. The van der Waals surface area contributed by atoms with Gasteiger partial charge in [-0.2, -0.15) is 0 Å². The zero-order chi connectivity index (χ0) is 23.5. The van der Waals surface area contributed by atoms with Crippen molar-refractivity contribution in [1.82, 2.24) is 0 Å². The number of aliphatic hydroxyl groups excluding tert-OH is 1. The van der Waals surface area contributed by atoms with Crippen molar-refractivity contribution in [3.8, 4) is 0 Å². The van der Waals surface area contributed by atoms with Gasteiger partial charge < -0.3 is 19.3 Å². The Morgan fingerprint density at radius 2 is 1.28 bits per heavy atom. The number of rotatable bonds is 9. The molecule has 1 N–H and O–H groups in total. The van der Waals surface area contributed by atoms with E-state index >= 15 is 0 Å². The molecule has 0 fully saturated rings. The summed E-state index contributed by atoms with van der Waals surface area (Å²) >= 11 is 0. The van der Waals surface area contributed by atoms with E-state index in [0.717, 1.165) is 12.5 Å². The standard InChI is InChI=1S/C12H20O5.C10H20O2/c1-5-10(14)16-7-9(13)8-17-11(15)12(3,4)6-2;1-7-10(5,6)8(11)12-9(2,3)4/h5,9,13H,1,6-8H2,2-4H3;7H2,1-6H3. The summed E-state index contributed by atoms with van der Waals surface area (Å²) in [5, 5.41) is 9.39. The van der Waals surface area contributed by atoms with Gasteiger partial charge in [-0.3, -0.25) is 9.59 Å². The number of hydrogen-bond acceptors (Lipinski definition) is 7. The van der Waals surface area contributed by atoms with E-state index in [9.17, 15) is 19.5 Å². The van der Waals surface area contributed by atoms with Gasteiger partial charge in [-0.25, -0.2) is 4.79 Å². The lowest BCUT2D eigenvalue weighted by Crippen LogP contribution is -2.33. The van der Waals surface area contributed by atoms with Gasteiger partial charge in [0.25, 0.3) is 0 Å². The number of ether oxygens (including phenoxy) is 3. The first-order valence-corrected chi connectivity index (χ1v) is 9.90. The molecule has 0 aromatic rings. The molecule has 0 spiro atoms. The fraction of sp³-hybridized carbons (Fsp3) is 0.773. The van der Waals surface area contributed by atoms with Gasteiger partial charge in [-0.05, 0) is 61.3 Å². The highest BCUT2D eigenvalue weighted by molar-refractivity contribution is 5.81. The van der Waals surface area contributed by atoms with Crippen LogP contribution in [0.3, 0.4) is 0 Å². The van der Waals surface area contributed by atoms with Gasteiger partial charge in [0, 0.05) is 6.08 Å². The van der Waals surface area contributed by atoms with Crippen LogP contribution in [0.25, 0.3) is 0 Å². The molecule has 1 atom stereocenters. The summed E-state index contributed by atoms with van der Waals surface area (Å²) in [7, 11) is 0. The number of carbonyl (C=O) groups excluding carboxylic acids is 3. The third kappa shape index (κ3) is 13.8. The van der Waals surface area contributed by atoms with Gasteiger partial charge in [-0.1, -0.05) is 20.4 Å². The Morgan fingerprint density at radius 1 is 0.862 bits per heavy atom. The van der Waals surface area contributed by atoms with Crippen molar-refractivity contribution in [2.45, 2.75) is 86.9 Å². The first kappa shape index (κ1) is 29.3. The second kappa shape index (κ2) is 12.6. The molecule has 0 rings (SSSR count). The van der Waals surface area contributed by atoms with Gasteiger partial charge in [0.1, 0.15) is 24.9 Å². The quantitative estimate of drug-likeness (QED) is 0.346. The van der Waals surface area contributed by atoms with E-state index in [1.165, 1.54) is 0 Å². The van der Waals surface area contributed by atoms with Crippen molar-refractivity contribution in [1.29, 1.82) is 0 Å². The second-order valence-electron chi connectivity index (χ2n) is 9.06. The zero-order valence-electron chi connectivity index (χ0n) is 19.6. The van der Waals surface area contributed by atoms with Crippen LogP contribution < -0.4 is 0 Å². The minimum absolute atomic E-state index is 0.113. The van der Waals surface area contributed by atoms with Crippen molar-refractivity contribution < 1.29 is 33.7 Å². The molecular weight excluding hydrogens is 376 g/mol. The van der Waals surface area contributed by atoms with Crippen LogP contribution in [0.1, 0.15) is 75.2 Å².